The Balaban J connectivity index is 1.55. The van der Waals surface area contributed by atoms with Gasteiger partial charge in [0, 0.05) is 49.5 Å². The molecule has 2 aromatic rings. The van der Waals surface area contributed by atoms with Gasteiger partial charge in [-0.15, -0.1) is 0 Å². The predicted octanol–water partition coefficient (Wildman–Crippen LogP) is 1.37. The van der Waals surface area contributed by atoms with Crippen LogP contribution in [0.25, 0.3) is 0 Å². The monoisotopic (exact) mass is 490 g/mol. The molecule has 3 aliphatic heterocycles. The molecule has 2 amide bonds. The van der Waals surface area contributed by atoms with Crippen LogP contribution in [0.3, 0.4) is 0 Å². The summed E-state index contributed by atoms with van der Waals surface area (Å²) in [6.07, 6.45) is 5.47. The number of aromatic hydroxyl groups is 1. The van der Waals surface area contributed by atoms with E-state index in [1.165, 1.54) is 9.58 Å². The summed E-state index contributed by atoms with van der Waals surface area (Å²) >= 11 is 0. The maximum absolute atomic E-state index is 14.0. The highest BCUT2D eigenvalue weighted by atomic mass is 19.1. The van der Waals surface area contributed by atoms with Crippen LogP contribution in [0.4, 0.5) is 13.2 Å². The fraction of sp³-hybridized carbons (Fsp3) is 0.348. The lowest BCUT2D eigenvalue weighted by Gasteiger charge is -2.46. The van der Waals surface area contributed by atoms with E-state index in [0.717, 1.165) is 6.20 Å². The lowest BCUT2D eigenvalue weighted by atomic mass is 9.97. The first-order valence-corrected chi connectivity index (χ1v) is 10.9. The van der Waals surface area contributed by atoms with Crippen LogP contribution in [0, 0.1) is 17.5 Å². The highest BCUT2D eigenvalue weighted by molar-refractivity contribution is 5.99. The number of ether oxygens (including phenoxy) is 1. The molecule has 5 rings (SSSR count). The van der Waals surface area contributed by atoms with Crippen LogP contribution < -0.4 is 15.8 Å². The number of benzene rings is 1. The van der Waals surface area contributed by atoms with Gasteiger partial charge >= 0.3 is 0 Å². The first-order chi connectivity index (χ1) is 16.6. The predicted molar refractivity (Wildman–Crippen MR) is 116 cm³/mol. The largest absolute Gasteiger partial charge is 0.502 e. The molecule has 1 saturated heterocycles. The summed E-state index contributed by atoms with van der Waals surface area (Å²) in [5, 5.41) is 14.7. The lowest BCUT2D eigenvalue weighted by Crippen LogP contribution is -2.63. The summed E-state index contributed by atoms with van der Waals surface area (Å²) in [6.45, 7) is 1.98. The molecule has 35 heavy (non-hydrogen) atoms. The zero-order valence-corrected chi connectivity index (χ0v) is 18.6. The number of amides is 2. The van der Waals surface area contributed by atoms with Gasteiger partial charge in [0.15, 0.2) is 11.4 Å². The van der Waals surface area contributed by atoms with Crippen molar-refractivity contribution in [1.82, 2.24) is 14.9 Å². The molecule has 0 aliphatic carbocycles. The smallest absolute Gasteiger partial charge is 0.278 e. The number of carbonyl (C=O) groups is 2. The fourth-order valence-corrected chi connectivity index (χ4v) is 4.64. The Labute approximate surface area is 197 Å². The molecular weight excluding hydrogens is 469 g/mol. The van der Waals surface area contributed by atoms with Crippen LogP contribution in [0.5, 0.6) is 5.75 Å². The lowest BCUT2D eigenvalue weighted by molar-refractivity contribution is 0.0629. The average Bonchev–Trinajstić information content (AvgIpc) is 3.24. The van der Waals surface area contributed by atoms with Gasteiger partial charge in [0.1, 0.15) is 35.2 Å². The minimum Gasteiger partial charge on any atom is -0.502 e. The molecule has 2 N–H and O–H groups in total. The number of fused-ring (bicyclic) bond motifs is 5. The fourth-order valence-electron chi connectivity index (χ4n) is 4.64. The number of pyridine rings is 1. The normalized spacial score (nSPS) is 23.0. The third-order valence-electron chi connectivity index (χ3n) is 6.67. The molecule has 184 valence electrons. The molecule has 2 bridgehead atoms. The number of nitrogens with one attached hydrogen (secondary N) is 1. The number of nitrogens with zero attached hydrogens (tertiary/aromatic N) is 3. The number of rotatable bonds is 3. The zero-order chi connectivity index (χ0) is 25.1. The van der Waals surface area contributed by atoms with Gasteiger partial charge in [0.25, 0.3) is 11.8 Å². The van der Waals surface area contributed by atoms with Crippen molar-refractivity contribution in [3.63, 3.8) is 0 Å². The number of halogens is 3. The SMILES string of the molecule is C[C@H]1C=C[C@]2(CCOC2)N2CN1C(=O)c1c(O)c(=O)c(C(=O)NCc3c(F)cc(F)cc3F)cn12. The van der Waals surface area contributed by atoms with Gasteiger partial charge in [-0.3, -0.25) is 24.1 Å². The van der Waals surface area contributed by atoms with Gasteiger partial charge in [-0.05, 0) is 6.92 Å². The van der Waals surface area contributed by atoms with E-state index >= 15 is 0 Å². The van der Waals surface area contributed by atoms with Crippen LogP contribution in [0.15, 0.2) is 35.3 Å². The van der Waals surface area contributed by atoms with Crippen molar-refractivity contribution in [3.8, 4) is 5.75 Å². The Kier molecular flexibility index (Phi) is 5.35. The van der Waals surface area contributed by atoms with Crippen molar-refractivity contribution in [2.75, 3.05) is 24.9 Å². The second kappa shape index (κ2) is 8.15. The standard InChI is InChI=1S/C23H21F3N4O5/c1-12-2-3-23(4-5-35-10-23)30-11-28(12)22(34)18-20(32)19(31)15(9-29(18)30)21(33)27-8-14-16(25)6-13(24)7-17(14)26/h2-3,6-7,9,12,32H,4-5,8,10-11H2,1H3,(H,27,33)/t12-,23+/m0/s1. The van der Waals surface area contributed by atoms with Crippen LogP contribution in [-0.4, -0.2) is 58.0 Å². The van der Waals surface area contributed by atoms with E-state index < -0.39 is 63.7 Å². The van der Waals surface area contributed by atoms with Gasteiger partial charge in [-0.2, -0.15) is 0 Å². The van der Waals surface area contributed by atoms with Crippen LogP contribution in [-0.2, 0) is 11.3 Å². The highest BCUT2D eigenvalue weighted by Gasteiger charge is 2.47. The quantitative estimate of drug-likeness (QED) is 0.630. The van der Waals surface area contributed by atoms with E-state index in [9.17, 15) is 32.7 Å². The topological polar surface area (TPSA) is 104 Å². The molecule has 0 saturated carbocycles. The van der Waals surface area contributed by atoms with Crippen molar-refractivity contribution in [2.24, 2.45) is 0 Å². The molecule has 2 atom stereocenters. The van der Waals surface area contributed by atoms with Gasteiger partial charge in [-0.1, -0.05) is 12.2 Å². The number of hydrogen-bond acceptors (Lipinski definition) is 6. The molecule has 3 aliphatic rings. The van der Waals surface area contributed by atoms with E-state index in [-0.39, 0.29) is 25.0 Å². The Morgan fingerprint density at radius 2 is 1.97 bits per heavy atom. The maximum Gasteiger partial charge on any atom is 0.278 e. The summed E-state index contributed by atoms with van der Waals surface area (Å²) in [5.74, 6) is -6.06. The number of hydrogen-bond donors (Lipinski definition) is 2. The first kappa shape index (κ1) is 23.0. The summed E-state index contributed by atoms with van der Waals surface area (Å²) in [6, 6.07) is 0.619. The van der Waals surface area contributed by atoms with Crippen LogP contribution in [0.1, 0.15) is 39.8 Å². The van der Waals surface area contributed by atoms with E-state index in [4.69, 9.17) is 4.74 Å². The van der Waals surface area contributed by atoms with Gasteiger partial charge in [-0.25, -0.2) is 13.2 Å². The van der Waals surface area contributed by atoms with Crippen molar-refractivity contribution in [1.29, 1.82) is 0 Å². The van der Waals surface area contributed by atoms with Gasteiger partial charge < -0.3 is 20.1 Å². The number of carbonyl (C=O) groups excluding carboxylic acids is 2. The first-order valence-electron chi connectivity index (χ1n) is 10.9. The van der Waals surface area contributed by atoms with E-state index in [2.05, 4.69) is 5.32 Å². The molecule has 1 fully saturated rings. The van der Waals surface area contributed by atoms with Crippen LogP contribution in [0.2, 0.25) is 0 Å². The Morgan fingerprint density at radius 1 is 1.26 bits per heavy atom. The Hall–Kier alpha value is -3.80. The molecule has 4 heterocycles. The van der Waals surface area contributed by atoms with E-state index in [0.29, 0.717) is 25.2 Å². The summed E-state index contributed by atoms with van der Waals surface area (Å²) in [5.41, 5.74) is -3.23. The van der Waals surface area contributed by atoms with Crippen molar-refractivity contribution < 1.29 is 32.6 Å². The van der Waals surface area contributed by atoms with Gasteiger partial charge in [0.2, 0.25) is 5.43 Å². The maximum atomic E-state index is 14.0. The molecule has 9 nitrogen and oxygen atoms in total. The van der Waals surface area contributed by atoms with Crippen LogP contribution >= 0.6 is 0 Å². The molecule has 1 aromatic carbocycles. The average molecular weight is 490 g/mol. The molecule has 1 spiro atoms. The van der Waals surface area contributed by atoms with E-state index in [1.54, 1.807) is 5.01 Å². The van der Waals surface area contributed by atoms with Crippen molar-refractivity contribution in [3.05, 3.63) is 75.0 Å². The second-order valence-corrected chi connectivity index (χ2v) is 8.77. The molecule has 0 unspecified atom stereocenters. The third kappa shape index (κ3) is 3.55. The number of aromatic nitrogens is 1. The Morgan fingerprint density at radius 3 is 2.63 bits per heavy atom. The van der Waals surface area contributed by atoms with Crippen molar-refractivity contribution in [2.45, 2.75) is 31.5 Å². The zero-order valence-electron chi connectivity index (χ0n) is 18.6. The minimum absolute atomic E-state index is 0.110. The summed E-state index contributed by atoms with van der Waals surface area (Å²) in [7, 11) is 0. The summed E-state index contributed by atoms with van der Waals surface area (Å²) in [4.78, 5) is 40.4. The highest BCUT2D eigenvalue weighted by Crippen LogP contribution is 2.35. The molecule has 1 aromatic heterocycles. The van der Waals surface area contributed by atoms with Gasteiger partial charge in [0.05, 0.1) is 6.61 Å². The molecular formula is C23H21F3N4O5. The van der Waals surface area contributed by atoms with Crippen molar-refractivity contribution >= 4 is 11.8 Å². The van der Waals surface area contributed by atoms with E-state index in [1.807, 2.05) is 19.1 Å². The molecule has 0 radical (unpaired) electrons. The third-order valence-corrected chi connectivity index (χ3v) is 6.67. The second-order valence-electron chi connectivity index (χ2n) is 8.77. The minimum atomic E-state index is -1.20. The molecule has 12 heteroatoms. The Bertz CT molecular complexity index is 1310. The summed E-state index contributed by atoms with van der Waals surface area (Å²) < 4.78 is 47.9.